The number of benzene rings is 3. The molecule has 1 unspecified atom stereocenters. The van der Waals surface area contributed by atoms with Crippen molar-refractivity contribution in [2.75, 3.05) is 5.32 Å². The maximum atomic E-state index is 13.6. The molecule has 6 heteroatoms. The van der Waals surface area contributed by atoms with Crippen molar-refractivity contribution >= 4 is 33.5 Å². The van der Waals surface area contributed by atoms with Crippen LogP contribution in [0.15, 0.2) is 70.7 Å². The minimum atomic E-state index is -0.429. The summed E-state index contributed by atoms with van der Waals surface area (Å²) in [5.74, 6) is 1.30. The molecule has 1 aromatic heterocycles. The fourth-order valence-electron chi connectivity index (χ4n) is 6.01. The molecule has 0 saturated heterocycles. The number of nitro groups is 1. The second-order valence-corrected chi connectivity index (χ2v) is 11.0. The summed E-state index contributed by atoms with van der Waals surface area (Å²) in [6, 6.07) is 19.1. The molecule has 2 heterocycles. The number of carbonyl (C=O) groups is 1. The Morgan fingerprint density at radius 1 is 1.00 bits per heavy atom. The van der Waals surface area contributed by atoms with Gasteiger partial charge in [0.05, 0.1) is 4.92 Å². The molecule has 0 saturated carbocycles. The number of allylic oxidation sites excluding steroid dienone is 1. The summed E-state index contributed by atoms with van der Waals surface area (Å²) in [6.45, 7) is 7.95. The molecule has 0 amide bonds. The van der Waals surface area contributed by atoms with Gasteiger partial charge in [-0.1, -0.05) is 44.2 Å². The molecule has 0 spiro atoms. The Bertz CT molecular complexity index is 1660. The Morgan fingerprint density at radius 3 is 2.57 bits per heavy atom. The Balaban J connectivity index is 1.51. The smallest absolute Gasteiger partial charge is 0.273 e. The van der Waals surface area contributed by atoms with E-state index in [1.54, 1.807) is 13.0 Å². The lowest BCUT2D eigenvalue weighted by atomic mass is 9.68. The van der Waals surface area contributed by atoms with Crippen LogP contribution in [0.3, 0.4) is 0 Å². The molecule has 2 aliphatic rings. The molecule has 0 radical (unpaired) electrons. The molecule has 186 valence electrons. The zero-order chi connectivity index (χ0) is 26.1. The van der Waals surface area contributed by atoms with Crippen LogP contribution in [0.2, 0.25) is 0 Å². The van der Waals surface area contributed by atoms with Gasteiger partial charge in [-0.25, -0.2) is 0 Å². The zero-order valence-electron chi connectivity index (χ0n) is 21.3. The van der Waals surface area contributed by atoms with E-state index >= 15 is 0 Å². The van der Waals surface area contributed by atoms with Gasteiger partial charge in [-0.15, -0.1) is 0 Å². The summed E-state index contributed by atoms with van der Waals surface area (Å²) >= 11 is 0. The third-order valence-corrected chi connectivity index (χ3v) is 7.66. The van der Waals surface area contributed by atoms with E-state index in [4.69, 9.17) is 4.42 Å². The highest BCUT2D eigenvalue weighted by Gasteiger charge is 2.41. The first kappa shape index (κ1) is 23.2. The van der Waals surface area contributed by atoms with Crippen LogP contribution in [0, 0.1) is 29.4 Å². The van der Waals surface area contributed by atoms with E-state index < -0.39 is 6.04 Å². The molecule has 4 aromatic rings. The van der Waals surface area contributed by atoms with E-state index in [0.29, 0.717) is 29.1 Å². The minimum absolute atomic E-state index is 0.0600. The fourth-order valence-corrected chi connectivity index (χ4v) is 6.01. The number of nitrogens with one attached hydrogen (secondary N) is 1. The molecule has 6 nitrogen and oxygen atoms in total. The van der Waals surface area contributed by atoms with Crippen molar-refractivity contribution in [3.05, 3.63) is 98.8 Å². The quantitative estimate of drug-likeness (QED) is 0.232. The largest absolute Gasteiger partial charge is 0.459 e. The van der Waals surface area contributed by atoms with Crippen LogP contribution >= 0.6 is 0 Å². The van der Waals surface area contributed by atoms with E-state index in [0.717, 1.165) is 45.2 Å². The maximum absolute atomic E-state index is 13.6. The normalized spacial score (nSPS) is 18.4. The van der Waals surface area contributed by atoms with Crippen molar-refractivity contribution < 1.29 is 14.1 Å². The molecule has 1 N–H and O–H groups in total. The number of nitro benzene ring substituents is 1. The highest BCUT2D eigenvalue weighted by atomic mass is 16.6. The number of rotatable bonds is 3. The molecule has 6 rings (SSSR count). The number of aryl methyl sites for hydroxylation is 2. The highest BCUT2D eigenvalue weighted by Crippen LogP contribution is 2.52. The Hall–Kier alpha value is -4.19. The predicted molar refractivity (Wildman–Crippen MR) is 146 cm³/mol. The summed E-state index contributed by atoms with van der Waals surface area (Å²) in [4.78, 5) is 24.8. The molecule has 0 bridgehead atoms. The lowest BCUT2D eigenvalue weighted by molar-refractivity contribution is -0.385. The first-order valence-electron chi connectivity index (χ1n) is 12.5. The van der Waals surface area contributed by atoms with E-state index in [-0.39, 0.29) is 21.8 Å². The third-order valence-electron chi connectivity index (χ3n) is 7.66. The van der Waals surface area contributed by atoms with E-state index in [2.05, 4.69) is 43.4 Å². The van der Waals surface area contributed by atoms with Crippen molar-refractivity contribution in [3.63, 3.8) is 0 Å². The van der Waals surface area contributed by atoms with Crippen LogP contribution < -0.4 is 5.32 Å². The van der Waals surface area contributed by atoms with Crippen LogP contribution in [0.5, 0.6) is 0 Å². The molecule has 3 aromatic carbocycles. The molecular weight excluding hydrogens is 464 g/mol. The van der Waals surface area contributed by atoms with Gasteiger partial charge >= 0.3 is 0 Å². The summed E-state index contributed by atoms with van der Waals surface area (Å²) < 4.78 is 6.34. The fraction of sp³-hybridized carbons (Fsp3) is 0.258. The summed E-state index contributed by atoms with van der Waals surface area (Å²) in [5.41, 5.74) is 6.02. The van der Waals surface area contributed by atoms with Crippen molar-refractivity contribution in [3.8, 4) is 11.3 Å². The number of hydrogen-bond donors (Lipinski definition) is 1. The van der Waals surface area contributed by atoms with Gasteiger partial charge in [0.25, 0.3) is 5.69 Å². The average molecular weight is 493 g/mol. The lowest BCUT2D eigenvalue weighted by Crippen LogP contribution is -2.33. The predicted octanol–water partition coefficient (Wildman–Crippen LogP) is 7.93. The van der Waals surface area contributed by atoms with Gasteiger partial charge in [0.1, 0.15) is 17.6 Å². The molecular formula is C31H28N2O4. The van der Waals surface area contributed by atoms with Crippen LogP contribution in [0.4, 0.5) is 11.4 Å². The number of Topliss-reactive ketones (excluding diaryl/α,β-unsaturated/α-hetero) is 1. The number of ketones is 1. The van der Waals surface area contributed by atoms with Crippen LogP contribution in [0.1, 0.15) is 55.2 Å². The Labute approximate surface area is 215 Å². The molecule has 37 heavy (non-hydrogen) atoms. The Morgan fingerprint density at radius 2 is 1.78 bits per heavy atom. The van der Waals surface area contributed by atoms with E-state index in [9.17, 15) is 14.9 Å². The van der Waals surface area contributed by atoms with Crippen molar-refractivity contribution in [1.82, 2.24) is 0 Å². The third kappa shape index (κ3) is 3.75. The number of nitrogens with zero attached hydrogens (tertiary/aromatic N) is 1. The lowest BCUT2D eigenvalue weighted by Gasteiger charge is -2.39. The second-order valence-electron chi connectivity index (χ2n) is 11.0. The van der Waals surface area contributed by atoms with Gasteiger partial charge in [-0.3, -0.25) is 14.9 Å². The van der Waals surface area contributed by atoms with Gasteiger partial charge in [-0.05, 0) is 71.9 Å². The van der Waals surface area contributed by atoms with Crippen molar-refractivity contribution in [1.29, 1.82) is 0 Å². The van der Waals surface area contributed by atoms with Crippen molar-refractivity contribution in [2.45, 2.75) is 46.6 Å². The molecule has 1 aliphatic heterocycles. The van der Waals surface area contributed by atoms with E-state index in [1.165, 1.54) is 0 Å². The van der Waals surface area contributed by atoms with Crippen LogP contribution in [-0.2, 0) is 4.79 Å². The van der Waals surface area contributed by atoms with Crippen LogP contribution in [0.25, 0.3) is 27.7 Å². The first-order valence-corrected chi connectivity index (χ1v) is 12.5. The molecule has 1 atom stereocenters. The Kier molecular flexibility index (Phi) is 5.13. The second kappa shape index (κ2) is 8.17. The summed E-state index contributed by atoms with van der Waals surface area (Å²) in [5, 5.41) is 17.4. The van der Waals surface area contributed by atoms with Gasteiger partial charge in [0, 0.05) is 40.4 Å². The van der Waals surface area contributed by atoms with Crippen LogP contribution in [-0.4, -0.2) is 10.7 Å². The van der Waals surface area contributed by atoms with E-state index in [1.807, 2.05) is 37.3 Å². The topological polar surface area (TPSA) is 85.4 Å². The minimum Gasteiger partial charge on any atom is -0.459 e. The van der Waals surface area contributed by atoms with Gasteiger partial charge < -0.3 is 9.73 Å². The number of carbonyl (C=O) groups excluding carboxylic acids is 1. The monoisotopic (exact) mass is 492 g/mol. The van der Waals surface area contributed by atoms with Gasteiger partial charge in [0.15, 0.2) is 5.78 Å². The van der Waals surface area contributed by atoms with Crippen molar-refractivity contribution in [2.24, 2.45) is 5.41 Å². The standard InChI is InChI=1S/C31H28N2O4/c1-17-13-18(2)24(33(35)36)14-21(17)26-11-12-27(37-26)30-29-22(15-31(3,4)16-25(29)34)28-20-8-6-5-7-19(20)9-10-23(28)32-30/h5-14,30,32H,15-16H2,1-4H3. The van der Waals surface area contributed by atoms with Gasteiger partial charge in [0.2, 0.25) is 0 Å². The SMILES string of the molecule is Cc1cc(C)c([N+](=O)[O-])cc1-c1ccc(C2Nc3ccc4ccccc4c3C3=C2C(=O)CC(C)(C)C3)o1. The number of hydrogen-bond acceptors (Lipinski definition) is 5. The average Bonchev–Trinajstić information content (AvgIpc) is 3.32. The number of furan rings is 1. The zero-order valence-corrected chi connectivity index (χ0v) is 21.3. The highest BCUT2D eigenvalue weighted by molar-refractivity contribution is 6.12. The maximum Gasteiger partial charge on any atom is 0.273 e. The number of fused-ring (bicyclic) bond motifs is 4. The number of anilines is 1. The molecule has 0 fully saturated rings. The summed E-state index contributed by atoms with van der Waals surface area (Å²) in [7, 11) is 0. The molecule has 1 aliphatic carbocycles. The van der Waals surface area contributed by atoms with Gasteiger partial charge in [-0.2, -0.15) is 0 Å². The summed E-state index contributed by atoms with van der Waals surface area (Å²) in [6.07, 6.45) is 1.27. The first-order chi connectivity index (χ1) is 17.6.